The van der Waals surface area contributed by atoms with Crippen molar-refractivity contribution in [2.24, 2.45) is 0 Å². The van der Waals surface area contributed by atoms with Crippen LogP contribution in [0.15, 0.2) is 18.3 Å². The molecular formula is C11H14N2O5. The lowest BCUT2D eigenvalue weighted by Gasteiger charge is -2.09. The highest BCUT2D eigenvalue weighted by Crippen LogP contribution is 2.12. The van der Waals surface area contributed by atoms with Crippen LogP contribution in [0.5, 0.6) is 5.88 Å². The van der Waals surface area contributed by atoms with Crippen LogP contribution < -0.4 is 10.1 Å². The van der Waals surface area contributed by atoms with Crippen molar-refractivity contribution in [3.8, 4) is 5.88 Å². The molecule has 1 amide bonds. The summed E-state index contributed by atoms with van der Waals surface area (Å²) < 4.78 is 4.92. The summed E-state index contributed by atoms with van der Waals surface area (Å²) in [6, 6.07) is 3.12. The van der Waals surface area contributed by atoms with Crippen LogP contribution >= 0.6 is 0 Å². The minimum absolute atomic E-state index is 0.0460. The van der Waals surface area contributed by atoms with Crippen LogP contribution in [0.2, 0.25) is 0 Å². The molecule has 7 heteroatoms. The number of aliphatic hydroxyl groups excluding tert-OH is 1. The van der Waals surface area contributed by atoms with E-state index < -0.39 is 18.0 Å². The molecule has 1 heterocycles. The van der Waals surface area contributed by atoms with E-state index in [1.807, 2.05) is 0 Å². The predicted octanol–water partition coefficient (Wildman–Crippen LogP) is -0.344. The molecule has 18 heavy (non-hydrogen) atoms. The lowest BCUT2D eigenvalue weighted by molar-refractivity contribution is -0.146. The molecule has 0 saturated carbocycles. The third-order valence-electron chi connectivity index (χ3n) is 2.20. The normalized spacial score (nSPS) is 11.7. The fourth-order valence-corrected chi connectivity index (χ4v) is 1.27. The molecule has 0 saturated heterocycles. The second-order valence-corrected chi connectivity index (χ2v) is 3.46. The molecule has 3 N–H and O–H groups in total. The van der Waals surface area contributed by atoms with Crippen molar-refractivity contribution >= 4 is 11.9 Å². The number of aliphatic carboxylic acids is 1. The maximum absolute atomic E-state index is 11.7. The van der Waals surface area contributed by atoms with Crippen molar-refractivity contribution in [1.82, 2.24) is 10.3 Å². The van der Waals surface area contributed by atoms with Crippen LogP contribution in [0, 0.1) is 0 Å². The molecule has 0 bridgehead atoms. The van der Waals surface area contributed by atoms with Gasteiger partial charge in [0.05, 0.1) is 7.11 Å². The van der Waals surface area contributed by atoms with Gasteiger partial charge in [-0.15, -0.1) is 0 Å². The van der Waals surface area contributed by atoms with Gasteiger partial charge in [-0.3, -0.25) is 4.79 Å². The highest BCUT2D eigenvalue weighted by atomic mass is 16.5. The monoisotopic (exact) mass is 254 g/mol. The molecule has 0 aliphatic rings. The molecule has 1 atom stereocenters. The molecule has 1 aromatic heterocycles. The van der Waals surface area contributed by atoms with Gasteiger partial charge in [0.1, 0.15) is 5.56 Å². The number of carbonyl (C=O) groups is 2. The summed E-state index contributed by atoms with van der Waals surface area (Å²) in [5.41, 5.74) is 0.254. The second-order valence-electron chi connectivity index (χ2n) is 3.46. The number of carboxylic acid groups (broad SMARTS) is 1. The topological polar surface area (TPSA) is 109 Å². The van der Waals surface area contributed by atoms with Gasteiger partial charge in [0.2, 0.25) is 5.88 Å². The number of methoxy groups -OCH3 is 1. The van der Waals surface area contributed by atoms with Crippen molar-refractivity contribution < 1.29 is 24.5 Å². The molecule has 1 unspecified atom stereocenters. The Hall–Kier alpha value is -2.15. The van der Waals surface area contributed by atoms with Gasteiger partial charge in [0, 0.05) is 19.2 Å². The Morgan fingerprint density at radius 1 is 1.56 bits per heavy atom. The number of hydrogen-bond donors (Lipinski definition) is 3. The first-order chi connectivity index (χ1) is 8.56. The Morgan fingerprint density at radius 3 is 2.89 bits per heavy atom. The number of hydrogen-bond acceptors (Lipinski definition) is 5. The zero-order chi connectivity index (χ0) is 13.5. The summed E-state index contributed by atoms with van der Waals surface area (Å²) in [7, 11) is 1.40. The van der Waals surface area contributed by atoms with E-state index in [1.54, 1.807) is 6.07 Å². The largest absolute Gasteiger partial charge is 0.480 e. The summed E-state index contributed by atoms with van der Waals surface area (Å²) in [6.45, 7) is 0.0460. The number of aliphatic hydroxyl groups is 1. The van der Waals surface area contributed by atoms with Gasteiger partial charge in [-0.1, -0.05) is 0 Å². The van der Waals surface area contributed by atoms with Crippen molar-refractivity contribution in [3.63, 3.8) is 0 Å². The molecule has 0 aliphatic heterocycles. The molecule has 0 fully saturated rings. The number of amides is 1. The summed E-state index contributed by atoms with van der Waals surface area (Å²) >= 11 is 0. The molecule has 0 aliphatic carbocycles. The zero-order valence-corrected chi connectivity index (χ0v) is 9.79. The summed E-state index contributed by atoms with van der Waals surface area (Å²) in [5, 5.41) is 20.0. The first-order valence-corrected chi connectivity index (χ1v) is 5.24. The van der Waals surface area contributed by atoms with Gasteiger partial charge in [0.15, 0.2) is 6.10 Å². The first-order valence-electron chi connectivity index (χ1n) is 5.24. The van der Waals surface area contributed by atoms with Crippen molar-refractivity contribution in [3.05, 3.63) is 23.9 Å². The third-order valence-corrected chi connectivity index (χ3v) is 2.20. The number of carbonyl (C=O) groups excluding carboxylic acids is 1. The maximum Gasteiger partial charge on any atom is 0.332 e. The Kier molecular flexibility index (Phi) is 5.06. The van der Waals surface area contributed by atoms with Crippen LogP contribution in [0.1, 0.15) is 16.8 Å². The SMILES string of the molecule is COc1ncccc1C(=O)NCCC(O)C(=O)O. The molecular weight excluding hydrogens is 240 g/mol. The van der Waals surface area contributed by atoms with Crippen LogP contribution in [-0.4, -0.2) is 46.8 Å². The number of pyridine rings is 1. The minimum atomic E-state index is -1.49. The van der Waals surface area contributed by atoms with E-state index in [0.717, 1.165) is 0 Å². The molecule has 7 nitrogen and oxygen atoms in total. The van der Waals surface area contributed by atoms with E-state index >= 15 is 0 Å². The van der Waals surface area contributed by atoms with E-state index in [9.17, 15) is 9.59 Å². The number of carboxylic acids is 1. The van der Waals surface area contributed by atoms with E-state index in [-0.39, 0.29) is 24.4 Å². The van der Waals surface area contributed by atoms with Crippen molar-refractivity contribution in [1.29, 1.82) is 0 Å². The van der Waals surface area contributed by atoms with E-state index in [1.165, 1.54) is 19.4 Å². The number of ether oxygens (including phenoxy) is 1. The van der Waals surface area contributed by atoms with Crippen LogP contribution in [0.4, 0.5) is 0 Å². The van der Waals surface area contributed by atoms with Crippen LogP contribution in [0.25, 0.3) is 0 Å². The lowest BCUT2D eigenvalue weighted by atomic mass is 10.2. The fourth-order valence-electron chi connectivity index (χ4n) is 1.27. The lowest BCUT2D eigenvalue weighted by Crippen LogP contribution is -2.30. The Bertz CT molecular complexity index is 435. The van der Waals surface area contributed by atoms with Gasteiger partial charge in [-0.05, 0) is 12.1 Å². The zero-order valence-electron chi connectivity index (χ0n) is 9.79. The molecule has 1 aromatic rings. The van der Waals surface area contributed by atoms with Gasteiger partial charge in [0.25, 0.3) is 5.91 Å². The molecule has 98 valence electrons. The Balaban J connectivity index is 2.53. The van der Waals surface area contributed by atoms with Crippen molar-refractivity contribution in [2.45, 2.75) is 12.5 Å². The quantitative estimate of drug-likeness (QED) is 0.640. The summed E-state index contributed by atoms with van der Waals surface area (Å²) in [6.07, 6.45) is -0.0610. The number of rotatable bonds is 6. The fraction of sp³-hybridized carbons (Fsp3) is 0.364. The predicted molar refractivity (Wildman–Crippen MR) is 61.4 cm³/mol. The van der Waals surface area contributed by atoms with E-state index in [0.29, 0.717) is 0 Å². The van der Waals surface area contributed by atoms with Crippen molar-refractivity contribution in [2.75, 3.05) is 13.7 Å². The van der Waals surface area contributed by atoms with Crippen LogP contribution in [-0.2, 0) is 4.79 Å². The first kappa shape index (κ1) is 13.9. The molecule has 0 aromatic carbocycles. The number of nitrogens with one attached hydrogen (secondary N) is 1. The van der Waals surface area contributed by atoms with Gasteiger partial charge in [-0.25, -0.2) is 9.78 Å². The maximum atomic E-state index is 11.7. The average molecular weight is 254 g/mol. The average Bonchev–Trinajstić information content (AvgIpc) is 2.38. The Morgan fingerprint density at radius 2 is 2.28 bits per heavy atom. The van der Waals surface area contributed by atoms with Gasteiger partial charge >= 0.3 is 5.97 Å². The highest BCUT2D eigenvalue weighted by molar-refractivity contribution is 5.96. The minimum Gasteiger partial charge on any atom is -0.480 e. The summed E-state index contributed by atoms with van der Waals surface area (Å²) in [4.78, 5) is 25.9. The van der Waals surface area contributed by atoms with Gasteiger partial charge < -0.3 is 20.3 Å². The molecule has 0 spiro atoms. The standard InChI is InChI=1S/C11H14N2O5/c1-18-10-7(3-2-5-13-10)9(15)12-6-4-8(14)11(16)17/h2-3,5,8,14H,4,6H2,1H3,(H,12,15)(H,16,17). The Labute approximate surface area is 103 Å². The highest BCUT2D eigenvalue weighted by Gasteiger charge is 2.15. The van der Waals surface area contributed by atoms with Crippen LogP contribution in [0.3, 0.4) is 0 Å². The smallest absolute Gasteiger partial charge is 0.332 e. The molecule has 0 radical (unpaired) electrons. The second kappa shape index (κ2) is 6.55. The van der Waals surface area contributed by atoms with E-state index in [2.05, 4.69) is 10.3 Å². The van der Waals surface area contributed by atoms with Gasteiger partial charge in [-0.2, -0.15) is 0 Å². The molecule has 1 rings (SSSR count). The number of nitrogens with zero attached hydrogens (tertiary/aromatic N) is 1. The number of aromatic nitrogens is 1. The third kappa shape index (κ3) is 3.70. The van der Waals surface area contributed by atoms with E-state index in [4.69, 9.17) is 14.9 Å². The summed E-state index contributed by atoms with van der Waals surface area (Å²) in [5.74, 6) is -1.56.